The van der Waals surface area contributed by atoms with Crippen LogP contribution in [0, 0.1) is 0 Å². The summed E-state index contributed by atoms with van der Waals surface area (Å²) < 4.78 is 4.90. The number of hydrogen-bond acceptors (Lipinski definition) is 5. The molecule has 0 atom stereocenters. The second-order valence-corrected chi connectivity index (χ2v) is 6.40. The molecule has 1 aliphatic heterocycles. The summed E-state index contributed by atoms with van der Waals surface area (Å²) in [5, 5.41) is 5.38. The molecular formula is C21H21N3O5. The summed E-state index contributed by atoms with van der Waals surface area (Å²) in [6.07, 6.45) is -0.0783. The van der Waals surface area contributed by atoms with E-state index in [0.29, 0.717) is 35.5 Å². The summed E-state index contributed by atoms with van der Waals surface area (Å²) >= 11 is 0. The number of carbonyl (C=O) groups is 4. The van der Waals surface area contributed by atoms with Gasteiger partial charge >= 0.3 is 0 Å². The molecule has 0 unspecified atom stereocenters. The van der Waals surface area contributed by atoms with E-state index in [2.05, 4.69) is 10.6 Å². The van der Waals surface area contributed by atoms with Crippen LogP contribution in [0.2, 0.25) is 0 Å². The summed E-state index contributed by atoms with van der Waals surface area (Å²) in [5.74, 6) is -1.55. The summed E-state index contributed by atoms with van der Waals surface area (Å²) in [7, 11) is 1.54. The fraction of sp³-hybridized carbons (Fsp3) is 0.238. The van der Waals surface area contributed by atoms with Crippen LogP contribution in [0.1, 0.15) is 37.5 Å². The van der Waals surface area contributed by atoms with Crippen LogP contribution in [0.15, 0.2) is 48.5 Å². The lowest BCUT2D eigenvalue weighted by molar-refractivity contribution is -0.116. The van der Waals surface area contributed by atoms with Crippen molar-refractivity contribution >= 4 is 29.3 Å². The highest BCUT2D eigenvalue weighted by Crippen LogP contribution is 2.22. The zero-order chi connectivity index (χ0) is 20.8. The van der Waals surface area contributed by atoms with Gasteiger partial charge in [0.25, 0.3) is 17.7 Å². The molecule has 1 aliphatic rings. The molecule has 29 heavy (non-hydrogen) atoms. The van der Waals surface area contributed by atoms with E-state index in [4.69, 9.17) is 4.74 Å². The van der Waals surface area contributed by atoms with Gasteiger partial charge in [0.1, 0.15) is 0 Å². The molecule has 0 aliphatic carbocycles. The average Bonchev–Trinajstić information content (AvgIpc) is 2.97. The van der Waals surface area contributed by atoms with E-state index in [-0.39, 0.29) is 18.9 Å². The minimum absolute atomic E-state index is 0.0413. The van der Waals surface area contributed by atoms with E-state index < -0.39 is 17.7 Å². The highest BCUT2D eigenvalue weighted by Gasteiger charge is 2.35. The van der Waals surface area contributed by atoms with E-state index >= 15 is 0 Å². The molecule has 0 saturated carbocycles. The molecule has 3 rings (SSSR count). The van der Waals surface area contributed by atoms with E-state index in [9.17, 15) is 19.2 Å². The van der Waals surface area contributed by atoms with Crippen LogP contribution in [-0.2, 0) is 9.53 Å². The van der Waals surface area contributed by atoms with Gasteiger partial charge < -0.3 is 15.4 Å². The van der Waals surface area contributed by atoms with E-state index in [0.717, 1.165) is 4.90 Å². The number of carbonyl (C=O) groups excluding carboxylic acids is 4. The van der Waals surface area contributed by atoms with E-state index in [1.807, 2.05) is 0 Å². The molecule has 0 radical (unpaired) electrons. The molecule has 8 nitrogen and oxygen atoms in total. The normalized spacial score (nSPS) is 12.7. The predicted molar refractivity (Wildman–Crippen MR) is 106 cm³/mol. The number of rotatable bonds is 8. The van der Waals surface area contributed by atoms with Crippen LogP contribution < -0.4 is 10.6 Å². The third-order valence-electron chi connectivity index (χ3n) is 4.48. The number of methoxy groups -OCH3 is 1. The maximum Gasteiger partial charge on any atom is 0.261 e. The van der Waals surface area contributed by atoms with Gasteiger partial charge in [-0.3, -0.25) is 24.1 Å². The molecule has 0 fully saturated rings. The zero-order valence-electron chi connectivity index (χ0n) is 15.9. The summed E-state index contributed by atoms with van der Waals surface area (Å²) in [4.78, 5) is 50.4. The first-order chi connectivity index (χ1) is 14.0. The van der Waals surface area contributed by atoms with Gasteiger partial charge in [-0.05, 0) is 24.3 Å². The number of nitrogens with one attached hydrogen (secondary N) is 2. The fourth-order valence-corrected chi connectivity index (χ4v) is 3.02. The van der Waals surface area contributed by atoms with Crippen LogP contribution in [0.3, 0.4) is 0 Å². The van der Waals surface area contributed by atoms with Crippen LogP contribution >= 0.6 is 0 Å². The Bertz CT molecular complexity index is 922. The summed E-state index contributed by atoms with van der Waals surface area (Å²) in [6.45, 7) is 0.679. The Hall–Kier alpha value is -3.52. The maximum atomic E-state index is 12.4. The molecule has 2 aromatic rings. The predicted octanol–water partition coefficient (Wildman–Crippen LogP) is 1.69. The summed E-state index contributed by atoms with van der Waals surface area (Å²) in [6, 6.07) is 13.2. The number of amides is 4. The van der Waals surface area contributed by atoms with Crippen molar-refractivity contribution in [1.29, 1.82) is 0 Å². The van der Waals surface area contributed by atoms with Gasteiger partial charge in [0.2, 0.25) is 5.91 Å². The quantitative estimate of drug-likeness (QED) is 0.523. The number of para-hydroxylation sites is 1. The van der Waals surface area contributed by atoms with Crippen molar-refractivity contribution < 1.29 is 23.9 Å². The lowest BCUT2D eigenvalue weighted by atomic mass is 10.1. The number of fused-ring (bicyclic) bond motifs is 1. The first-order valence-electron chi connectivity index (χ1n) is 9.14. The Balaban J connectivity index is 1.60. The number of ether oxygens (including phenoxy) is 1. The van der Waals surface area contributed by atoms with Crippen molar-refractivity contribution in [2.45, 2.75) is 6.42 Å². The van der Waals surface area contributed by atoms with Crippen molar-refractivity contribution in [3.63, 3.8) is 0 Å². The van der Waals surface area contributed by atoms with Gasteiger partial charge in [0.05, 0.1) is 29.0 Å². The van der Waals surface area contributed by atoms with Gasteiger partial charge in [-0.15, -0.1) is 0 Å². The largest absolute Gasteiger partial charge is 0.383 e. The second kappa shape index (κ2) is 9.11. The smallest absolute Gasteiger partial charge is 0.261 e. The van der Waals surface area contributed by atoms with E-state index in [1.54, 1.807) is 48.5 Å². The molecule has 4 amide bonds. The highest BCUT2D eigenvalue weighted by molar-refractivity contribution is 6.21. The third kappa shape index (κ3) is 4.49. The molecule has 0 aromatic heterocycles. The van der Waals surface area contributed by atoms with Gasteiger partial charge in [-0.2, -0.15) is 0 Å². The molecule has 150 valence electrons. The number of benzene rings is 2. The molecular weight excluding hydrogens is 374 g/mol. The van der Waals surface area contributed by atoms with Crippen LogP contribution in [-0.4, -0.2) is 55.3 Å². The zero-order valence-corrected chi connectivity index (χ0v) is 15.9. The topological polar surface area (TPSA) is 105 Å². The fourth-order valence-electron chi connectivity index (χ4n) is 3.02. The molecule has 2 N–H and O–H groups in total. The number of anilines is 1. The van der Waals surface area contributed by atoms with Gasteiger partial charge in [-0.1, -0.05) is 24.3 Å². The molecule has 2 aromatic carbocycles. The number of imide groups is 1. The lowest BCUT2D eigenvalue weighted by Gasteiger charge is -2.15. The van der Waals surface area contributed by atoms with Crippen molar-refractivity contribution in [2.75, 3.05) is 32.1 Å². The van der Waals surface area contributed by atoms with Gasteiger partial charge in [0.15, 0.2) is 0 Å². The maximum absolute atomic E-state index is 12.4. The monoisotopic (exact) mass is 395 g/mol. The Labute approximate surface area is 167 Å². The molecule has 0 spiro atoms. The third-order valence-corrected chi connectivity index (χ3v) is 4.48. The molecule has 0 bridgehead atoms. The van der Waals surface area contributed by atoms with Crippen molar-refractivity contribution in [2.24, 2.45) is 0 Å². The van der Waals surface area contributed by atoms with Crippen LogP contribution in [0.5, 0.6) is 0 Å². The van der Waals surface area contributed by atoms with Gasteiger partial charge in [0, 0.05) is 26.6 Å². The minimum atomic E-state index is -0.406. The Morgan fingerprint density at radius 2 is 1.59 bits per heavy atom. The van der Waals surface area contributed by atoms with Gasteiger partial charge in [-0.25, -0.2) is 0 Å². The van der Waals surface area contributed by atoms with Crippen molar-refractivity contribution in [3.8, 4) is 0 Å². The Morgan fingerprint density at radius 1 is 0.966 bits per heavy atom. The number of nitrogens with zero attached hydrogens (tertiary/aromatic N) is 1. The molecule has 1 heterocycles. The van der Waals surface area contributed by atoms with Crippen molar-refractivity contribution in [1.82, 2.24) is 10.2 Å². The Kier molecular flexibility index (Phi) is 6.36. The summed E-state index contributed by atoms with van der Waals surface area (Å²) in [5.41, 5.74) is 1.36. The van der Waals surface area contributed by atoms with Crippen molar-refractivity contribution in [3.05, 3.63) is 65.2 Å². The first-order valence-corrected chi connectivity index (χ1v) is 9.14. The lowest BCUT2D eigenvalue weighted by Crippen LogP contribution is -2.33. The molecule has 8 heteroatoms. The average molecular weight is 395 g/mol. The standard InChI is InChI=1S/C21H21N3O5/c1-29-13-11-22-19(26)16-8-4-5-9-17(16)23-18(25)10-12-24-20(27)14-6-2-3-7-15(14)21(24)28/h2-9H,10-13H2,1H3,(H,22,26)(H,23,25). The van der Waals surface area contributed by atoms with E-state index in [1.165, 1.54) is 7.11 Å². The highest BCUT2D eigenvalue weighted by atomic mass is 16.5. The first kappa shape index (κ1) is 20.2. The number of hydrogen-bond donors (Lipinski definition) is 2. The molecule has 0 saturated heterocycles. The van der Waals surface area contributed by atoms with Crippen LogP contribution in [0.25, 0.3) is 0 Å². The second-order valence-electron chi connectivity index (χ2n) is 6.40. The Morgan fingerprint density at radius 3 is 2.24 bits per heavy atom. The van der Waals surface area contributed by atoms with Crippen LogP contribution in [0.4, 0.5) is 5.69 Å². The minimum Gasteiger partial charge on any atom is -0.383 e. The SMILES string of the molecule is COCCNC(=O)c1ccccc1NC(=O)CCN1C(=O)c2ccccc2C1=O.